The van der Waals surface area contributed by atoms with E-state index in [2.05, 4.69) is 26.9 Å². The summed E-state index contributed by atoms with van der Waals surface area (Å²) >= 11 is 6.10. The van der Waals surface area contributed by atoms with E-state index in [-0.39, 0.29) is 18.5 Å². The molecule has 0 unspecified atom stereocenters. The van der Waals surface area contributed by atoms with E-state index in [1.165, 1.54) is 0 Å². The Morgan fingerprint density at radius 3 is 2.47 bits per heavy atom. The maximum atomic E-state index is 13.0. The topological polar surface area (TPSA) is 85.2 Å². The van der Waals surface area contributed by atoms with E-state index in [1.807, 2.05) is 59.5 Å². The molecule has 1 aromatic heterocycles. The number of carbonyl (C=O) groups is 1. The van der Waals surface area contributed by atoms with E-state index in [1.54, 1.807) is 36.1 Å². The van der Waals surface area contributed by atoms with Crippen LogP contribution in [0.1, 0.15) is 17.2 Å². The number of fused-ring (bicyclic) bond motifs is 1. The summed E-state index contributed by atoms with van der Waals surface area (Å²) in [6.07, 6.45) is 2.06. The molecule has 5 rings (SSSR count). The van der Waals surface area contributed by atoms with Gasteiger partial charge in [-0.15, -0.1) is 0 Å². The van der Waals surface area contributed by atoms with Crippen molar-refractivity contribution in [3.8, 4) is 5.75 Å². The fourth-order valence-corrected chi connectivity index (χ4v) is 4.02. The predicted molar refractivity (Wildman–Crippen MR) is 131 cm³/mol. The lowest BCUT2D eigenvalue weighted by molar-refractivity contribution is -0.114. The standard InChI is InChI=1S/C25H21ClN6O2/c1-34-21-13-11-20(12-14-21)27-24(33)16-31-22(17-5-3-2-4-6-17)15-23(32-25(31)28-29-30-32)18-7-9-19(26)10-8-18/h2-15,23H,16H2,1H3,(H,27,33)/t23-/m0/s1. The molecule has 1 aliphatic heterocycles. The summed E-state index contributed by atoms with van der Waals surface area (Å²) in [6.45, 7) is 0.0282. The summed E-state index contributed by atoms with van der Waals surface area (Å²) in [5, 5.41) is 16.0. The Balaban J connectivity index is 1.49. The minimum absolute atomic E-state index is 0.0282. The molecule has 0 radical (unpaired) electrons. The number of aromatic nitrogens is 4. The van der Waals surface area contributed by atoms with E-state index in [9.17, 15) is 4.79 Å². The van der Waals surface area contributed by atoms with Gasteiger partial charge in [-0.25, -0.2) is 0 Å². The SMILES string of the molecule is COc1ccc(NC(=O)CN2C(c3ccccc3)=C[C@@H](c3ccc(Cl)cc3)n3nnnc32)cc1. The van der Waals surface area contributed by atoms with Crippen LogP contribution in [0.3, 0.4) is 0 Å². The number of anilines is 2. The average molecular weight is 473 g/mol. The Labute approximate surface area is 201 Å². The van der Waals surface area contributed by atoms with Gasteiger partial charge in [0.15, 0.2) is 0 Å². The second-order valence-corrected chi connectivity index (χ2v) is 8.14. The van der Waals surface area contributed by atoms with Crippen LogP contribution < -0.4 is 15.0 Å². The third-order valence-corrected chi connectivity index (χ3v) is 5.80. The minimum atomic E-state index is -0.252. The molecule has 0 aliphatic carbocycles. The zero-order valence-electron chi connectivity index (χ0n) is 18.3. The largest absolute Gasteiger partial charge is 0.497 e. The molecule has 2 heterocycles. The molecule has 0 spiro atoms. The van der Waals surface area contributed by atoms with Gasteiger partial charge in [0, 0.05) is 10.7 Å². The van der Waals surface area contributed by atoms with Gasteiger partial charge in [-0.2, -0.15) is 4.68 Å². The van der Waals surface area contributed by atoms with Crippen LogP contribution in [0.15, 0.2) is 84.9 Å². The molecule has 0 saturated carbocycles. The number of rotatable bonds is 6. The maximum absolute atomic E-state index is 13.0. The zero-order chi connectivity index (χ0) is 23.5. The number of methoxy groups -OCH3 is 1. The van der Waals surface area contributed by atoms with Crippen molar-refractivity contribution in [3.05, 3.63) is 101 Å². The molecule has 1 atom stereocenters. The number of benzene rings is 3. The van der Waals surface area contributed by atoms with Gasteiger partial charge in [0.2, 0.25) is 5.91 Å². The summed E-state index contributed by atoms with van der Waals surface area (Å²) in [7, 11) is 1.60. The Bertz CT molecular complexity index is 1320. The van der Waals surface area contributed by atoms with Crippen molar-refractivity contribution in [2.45, 2.75) is 6.04 Å². The average Bonchev–Trinajstić information content (AvgIpc) is 3.36. The van der Waals surface area contributed by atoms with Crippen LogP contribution in [-0.4, -0.2) is 39.8 Å². The van der Waals surface area contributed by atoms with Gasteiger partial charge in [-0.3, -0.25) is 9.69 Å². The molecule has 9 heteroatoms. The third kappa shape index (κ3) is 4.35. The highest BCUT2D eigenvalue weighted by Gasteiger charge is 2.31. The van der Waals surface area contributed by atoms with Gasteiger partial charge in [0.05, 0.1) is 12.8 Å². The number of hydrogen-bond acceptors (Lipinski definition) is 6. The maximum Gasteiger partial charge on any atom is 0.251 e. The molecule has 0 fully saturated rings. The molecule has 0 bridgehead atoms. The number of allylic oxidation sites excluding steroid dienone is 1. The van der Waals surface area contributed by atoms with Gasteiger partial charge >= 0.3 is 0 Å². The molecular formula is C25H21ClN6O2. The summed E-state index contributed by atoms with van der Waals surface area (Å²) in [5.74, 6) is 0.994. The van der Waals surface area contributed by atoms with Crippen molar-refractivity contribution in [3.63, 3.8) is 0 Å². The number of amides is 1. The summed E-state index contributed by atoms with van der Waals surface area (Å²) in [4.78, 5) is 14.8. The molecule has 8 nitrogen and oxygen atoms in total. The van der Waals surface area contributed by atoms with Crippen LogP contribution in [0.4, 0.5) is 11.6 Å². The Hall–Kier alpha value is -4.17. The second kappa shape index (κ2) is 9.36. The van der Waals surface area contributed by atoms with Crippen LogP contribution in [0, 0.1) is 0 Å². The van der Waals surface area contributed by atoms with Gasteiger partial charge in [0.1, 0.15) is 18.3 Å². The van der Waals surface area contributed by atoms with Crippen LogP contribution in [-0.2, 0) is 4.79 Å². The van der Waals surface area contributed by atoms with Gasteiger partial charge < -0.3 is 10.1 Å². The van der Waals surface area contributed by atoms with Crippen molar-refractivity contribution < 1.29 is 9.53 Å². The monoisotopic (exact) mass is 472 g/mol. The number of tetrazole rings is 1. The highest BCUT2D eigenvalue weighted by atomic mass is 35.5. The quantitative estimate of drug-likeness (QED) is 0.447. The number of carbonyl (C=O) groups excluding carboxylic acids is 1. The molecule has 170 valence electrons. The lowest BCUT2D eigenvalue weighted by Crippen LogP contribution is -2.37. The van der Waals surface area contributed by atoms with Crippen molar-refractivity contribution in [1.82, 2.24) is 20.2 Å². The Morgan fingerprint density at radius 1 is 1.03 bits per heavy atom. The normalized spacial score (nSPS) is 14.8. The van der Waals surface area contributed by atoms with Crippen molar-refractivity contribution in [1.29, 1.82) is 0 Å². The molecule has 34 heavy (non-hydrogen) atoms. The lowest BCUT2D eigenvalue weighted by atomic mass is 10.0. The lowest BCUT2D eigenvalue weighted by Gasteiger charge is -2.32. The van der Waals surface area contributed by atoms with Crippen molar-refractivity contribution >= 4 is 34.8 Å². The fraction of sp³-hybridized carbons (Fsp3) is 0.120. The highest BCUT2D eigenvalue weighted by Crippen LogP contribution is 2.36. The molecule has 0 saturated heterocycles. The number of halogens is 1. The molecule has 1 N–H and O–H groups in total. The zero-order valence-corrected chi connectivity index (χ0v) is 19.1. The molecule has 1 aliphatic rings. The van der Waals surface area contributed by atoms with E-state index in [0.29, 0.717) is 16.7 Å². The first-order valence-corrected chi connectivity index (χ1v) is 11.0. The first-order chi connectivity index (χ1) is 16.6. The number of ether oxygens (including phenoxy) is 1. The van der Waals surface area contributed by atoms with Gasteiger partial charge in [-0.05, 0) is 64.0 Å². The second-order valence-electron chi connectivity index (χ2n) is 7.70. The molecular weight excluding hydrogens is 452 g/mol. The van der Waals surface area contributed by atoms with Crippen LogP contribution >= 0.6 is 11.6 Å². The third-order valence-electron chi connectivity index (χ3n) is 5.54. The van der Waals surface area contributed by atoms with Crippen LogP contribution in [0.5, 0.6) is 5.75 Å². The van der Waals surface area contributed by atoms with E-state index in [0.717, 1.165) is 22.6 Å². The number of nitrogens with one attached hydrogen (secondary N) is 1. The summed E-state index contributed by atoms with van der Waals surface area (Å²) in [5.41, 5.74) is 3.45. The Kier molecular flexibility index (Phi) is 5.97. The fourth-order valence-electron chi connectivity index (χ4n) is 3.90. The Morgan fingerprint density at radius 2 is 1.76 bits per heavy atom. The van der Waals surface area contributed by atoms with Crippen LogP contribution in [0.2, 0.25) is 5.02 Å². The molecule has 1 amide bonds. The van der Waals surface area contributed by atoms with E-state index in [4.69, 9.17) is 16.3 Å². The number of nitrogens with zero attached hydrogens (tertiary/aromatic N) is 5. The van der Waals surface area contributed by atoms with E-state index < -0.39 is 0 Å². The molecule has 3 aromatic carbocycles. The summed E-state index contributed by atoms with van der Waals surface area (Å²) < 4.78 is 6.89. The van der Waals surface area contributed by atoms with Crippen LogP contribution in [0.25, 0.3) is 5.70 Å². The van der Waals surface area contributed by atoms with Crippen molar-refractivity contribution in [2.24, 2.45) is 0 Å². The number of hydrogen-bond donors (Lipinski definition) is 1. The van der Waals surface area contributed by atoms with Gasteiger partial charge in [0.25, 0.3) is 5.95 Å². The highest BCUT2D eigenvalue weighted by molar-refractivity contribution is 6.30. The first-order valence-electron chi connectivity index (χ1n) is 10.6. The van der Waals surface area contributed by atoms with Gasteiger partial charge in [-0.1, -0.05) is 59.2 Å². The minimum Gasteiger partial charge on any atom is -0.497 e. The summed E-state index contributed by atoms with van der Waals surface area (Å²) in [6, 6.07) is 24.4. The molecule has 4 aromatic rings. The first kappa shape index (κ1) is 21.7. The van der Waals surface area contributed by atoms with Crippen molar-refractivity contribution in [2.75, 3.05) is 23.9 Å². The predicted octanol–water partition coefficient (Wildman–Crippen LogP) is 4.42. The smallest absolute Gasteiger partial charge is 0.251 e. The van der Waals surface area contributed by atoms with E-state index >= 15 is 0 Å².